The summed E-state index contributed by atoms with van der Waals surface area (Å²) in [7, 11) is 0. The van der Waals surface area contributed by atoms with Crippen molar-refractivity contribution in [3.8, 4) is 11.4 Å². The third kappa shape index (κ3) is 3.89. The van der Waals surface area contributed by atoms with Crippen LogP contribution in [0.1, 0.15) is 25.0 Å². The maximum atomic E-state index is 4.72. The van der Waals surface area contributed by atoms with Gasteiger partial charge in [0.15, 0.2) is 0 Å². The van der Waals surface area contributed by atoms with E-state index < -0.39 is 0 Å². The standard InChI is InChI=1S/C29H22N4.Pt/c1-29(2,23-11-7-13-25(17-23)32-19-21-9-3-5-15-27(21)30-32)24-12-8-14-26(18-24)33-20-22-10-4-6-16-28(22)31-33;/h3-16,19-20H,1-2H3;/q-2;+2. The molecule has 0 N–H and O–H groups in total. The Morgan fingerprint density at radius 1 is 0.588 bits per heavy atom. The summed E-state index contributed by atoms with van der Waals surface area (Å²) in [6.07, 6.45) is 4.10. The monoisotopic (exact) mass is 621 g/mol. The van der Waals surface area contributed by atoms with E-state index in [9.17, 15) is 0 Å². The summed E-state index contributed by atoms with van der Waals surface area (Å²) < 4.78 is 3.80. The average molecular weight is 622 g/mol. The molecule has 2 heterocycles. The molecule has 0 unspecified atom stereocenters. The SMILES string of the molecule is CC(C)(c1[c-]c(-n2cc3ccccc3n2)ccc1)c1[c-]c(-n2cc3ccccc3n2)ccc1.[Pt+2]. The minimum atomic E-state index is -0.300. The summed E-state index contributed by atoms with van der Waals surface area (Å²) in [6.45, 7) is 4.41. The molecule has 0 bridgehead atoms. The smallest absolute Gasteiger partial charge is 0.264 e. The van der Waals surface area contributed by atoms with E-state index in [1.54, 1.807) is 0 Å². The van der Waals surface area contributed by atoms with Crippen molar-refractivity contribution < 1.29 is 21.1 Å². The number of hydrogen-bond acceptors (Lipinski definition) is 2. The summed E-state index contributed by atoms with van der Waals surface area (Å²) in [5, 5.41) is 11.7. The van der Waals surface area contributed by atoms with Crippen molar-refractivity contribution in [3.63, 3.8) is 0 Å². The largest absolute Gasteiger partial charge is 2.00 e. The minimum absolute atomic E-state index is 0. The molecule has 0 spiro atoms. The van der Waals surface area contributed by atoms with Gasteiger partial charge in [-0.15, -0.1) is 12.1 Å². The van der Waals surface area contributed by atoms with Gasteiger partial charge in [0, 0.05) is 23.2 Å². The molecule has 0 radical (unpaired) electrons. The number of nitrogens with zero attached hydrogens (tertiary/aromatic N) is 4. The zero-order valence-corrected chi connectivity index (χ0v) is 21.1. The van der Waals surface area contributed by atoms with Crippen LogP contribution in [-0.2, 0) is 26.5 Å². The van der Waals surface area contributed by atoms with Crippen LogP contribution in [0, 0.1) is 12.1 Å². The van der Waals surface area contributed by atoms with E-state index in [4.69, 9.17) is 10.2 Å². The second kappa shape index (κ2) is 8.70. The Morgan fingerprint density at radius 2 is 1.03 bits per heavy atom. The van der Waals surface area contributed by atoms with Crippen LogP contribution in [0.3, 0.4) is 0 Å². The van der Waals surface area contributed by atoms with Gasteiger partial charge in [0.2, 0.25) is 0 Å². The summed E-state index contributed by atoms with van der Waals surface area (Å²) >= 11 is 0. The summed E-state index contributed by atoms with van der Waals surface area (Å²) in [5.41, 5.74) is 5.66. The van der Waals surface area contributed by atoms with Gasteiger partial charge in [0.05, 0.1) is 11.0 Å². The van der Waals surface area contributed by atoms with Gasteiger partial charge in [0.1, 0.15) is 0 Å². The van der Waals surface area contributed by atoms with Gasteiger partial charge in [-0.2, -0.15) is 57.7 Å². The molecule has 0 saturated heterocycles. The Hall–Kier alpha value is -3.49. The van der Waals surface area contributed by atoms with Gasteiger partial charge >= 0.3 is 21.1 Å². The van der Waals surface area contributed by atoms with E-state index in [1.807, 2.05) is 70.3 Å². The zero-order chi connectivity index (χ0) is 22.4. The van der Waals surface area contributed by atoms with Crippen molar-refractivity contribution in [1.29, 1.82) is 0 Å². The van der Waals surface area contributed by atoms with Crippen LogP contribution in [-0.4, -0.2) is 19.6 Å². The molecule has 168 valence electrons. The molecule has 2 aromatic heterocycles. The second-order valence-corrected chi connectivity index (χ2v) is 8.79. The molecule has 0 atom stereocenters. The Balaban J connectivity index is 0.00000241. The zero-order valence-electron chi connectivity index (χ0n) is 18.8. The van der Waals surface area contributed by atoms with Crippen molar-refractivity contribution >= 4 is 21.8 Å². The molecule has 0 aliphatic rings. The van der Waals surface area contributed by atoms with Crippen molar-refractivity contribution in [2.45, 2.75) is 19.3 Å². The molecule has 6 aromatic rings. The van der Waals surface area contributed by atoms with Gasteiger partial charge in [-0.25, -0.2) is 0 Å². The number of aromatic nitrogens is 4. The first kappa shape index (κ1) is 22.3. The predicted molar refractivity (Wildman–Crippen MR) is 132 cm³/mol. The molecule has 4 nitrogen and oxygen atoms in total. The predicted octanol–water partition coefficient (Wildman–Crippen LogP) is 6.29. The summed E-state index contributed by atoms with van der Waals surface area (Å²) in [4.78, 5) is 0. The topological polar surface area (TPSA) is 35.6 Å². The first-order valence-corrected chi connectivity index (χ1v) is 11.0. The quantitative estimate of drug-likeness (QED) is 0.217. The van der Waals surface area contributed by atoms with Gasteiger partial charge in [-0.1, -0.05) is 50.2 Å². The normalized spacial score (nSPS) is 11.6. The van der Waals surface area contributed by atoms with Crippen LogP contribution in [0.4, 0.5) is 0 Å². The van der Waals surface area contributed by atoms with Gasteiger partial charge in [-0.05, 0) is 28.9 Å². The third-order valence-electron chi connectivity index (χ3n) is 6.23. The van der Waals surface area contributed by atoms with E-state index in [0.717, 1.165) is 44.3 Å². The molecule has 4 aromatic carbocycles. The number of hydrogen-bond donors (Lipinski definition) is 0. The van der Waals surface area contributed by atoms with Gasteiger partial charge in [-0.3, -0.25) is 9.36 Å². The summed E-state index contributed by atoms with van der Waals surface area (Å²) in [6, 6.07) is 35.9. The molecule has 0 fully saturated rings. The molecule has 6 rings (SSSR count). The van der Waals surface area contributed by atoms with Crippen molar-refractivity contribution in [2.75, 3.05) is 0 Å². The van der Waals surface area contributed by atoms with Crippen LogP contribution in [0.5, 0.6) is 0 Å². The Kier molecular flexibility index (Phi) is 5.71. The fourth-order valence-corrected chi connectivity index (χ4v) is 4.23. The Morgan fingerprint density at radius 3 is 1.47 bits per heavy atom. The minimum Gasteiger partial charge on any atom is -0.264 e. The second-order valence-electron chi connectivity index (χ2n) is 8.79. The molecule has 0 amide bonds. The molecule has 0 saturated carbocycles. The van der Waals surface area contributed by atoms with Crippen LogP contribution in [0.2, 0.25) is 0 Å². The fourth-order valence-electron chi connectivity index (χ4n) is 4.23. The number of benzene rings is 4. The molecular weight excluding hydrogens is 599 g/mol. The molecular formula is C29H22N4Pt. The fraction of sp³-hybridized carbons (Fsp3) is 0.103. The van der Waals surface area contributed by atoms with E-state index in [1.165, 1.54) is 0 Å². The number of fused-ring (bicyclic) bond motifs is 2. The van der Waals surface area contributed by atoms with E-state index >= 15 is 0 Å². The maximum Gasteiger partial charge on any atom is 2.00 e. The van der Waals surface area contributed by atoms with Crippen LogP contribution < -0.4 is 0 Å². The first-order chi connectivity index (χ1) is 16.1. The van der Waals surface area contributed by atoms with Crippen LogP contribution >= 0.6 is 0 Å². The van der Waals surface area contributed by atoms with Gasteiger partial charge in [0.25, 0.3) is 0 Å². The van der Waals surface area contributed by atoms with Crippen LogP contribution in [0.15, 0.2) is 97.3 Å². The van der Waals surface area contributed by atoms with Crippen molar-refractivity contribution in [1.82, 2.24) is 19.6 Å². The van der Waals surface area contributed by atoms with Crippen molar-refractivity contribution in [2.24, 2.45) is 0 Å². The maximum absolute atomic E-state index is 4.72. The van der Waals surface area contributed by atoms with Gasteiger partial charge < -0.3 is 0 Å². The molecule has 0 aliphatic heterocycles. The molecule has 0 aliphatic carbocycles. The van der Waals surface area contributed by atoms with Crippen molar-refractivity contribution in [3.05, 3.63) is 121 Å². The molecule has 34 heavy (non-hydrogen) atoms. The van der Waals surface area contributed by atoms with Crippen LogP contribution in [0.25, 0.3) is 33.2 Å². The first-order valence-electron chi connectivity index (χ1n) is 11.0. The van der Waals surface area contributed by atoms with E-state index in [2.05, 4.69) is 62.4 Å². The van der Waals surface area contributed by atoms with E-state index in [-0.39, 0.29) is 26.5 Å². The Bertz CT molecular complexity index is 1420. The van der Waals surface area contributed by atoms with E-state index in [0.29, 0.717) is 0 Å². The average Bonchev–Trinajstić information content (AvgIpc) is 3.49. The third-order valence-corrected chi connectivity index (χ3v) is 6.23. The molecule has 5 heteroatoms. The Labute approximate surface area is 213 Å². The summed E-state index contributed by atoms with van der Waals surface area (Å²) in [5.74, 6) is 0. The number of rotatable bonds is 4.